The quantitative estimate of drug-likeness (QED) is 0.871. The van der Waals surface area contributed by atoms with Crippen molar-refractivity contribution in [2.45, 2.75) is 40.7 Å². The molecule has 0 aromatic carbocycles. The second-order valence-corrected chi connectivity index (χ2v) is 4.93. The van der Waals surface area contributed by atoms with Gasteiger partial charge in [0.05, 0.1) is 17.1 Å². The van der Waals surface area contributed by atoms with E-state index in [1.165, 1.54) is 4.68 Å². The molecular formula is C13H19N5O2. The standard InChI is InChI=1S/C13H19N5O2/c1-7-9(3)17(13(20)15-7)6-5-11(19)18-10(4)12(14)8(2)16-18/h5-6,14H2,1-4H3,(H,15,20). The summed E-state index contributed by atoms with van der Waals surface area (Å²) in [5.41, 5.74) is 9.08. The number of rotatable bonds is 3. The number of hydrogen-bond donors (Lipinski definition) is 2. The summed E-state index contributed by atoms with van der Waals surface area (Å²) in [7, 11) is 0. The minimum absolute atomic E-state index is 0.174. The SMILES string of the molecule is Cc1nn(C(=O)CCn2c(C)c(C)[nH]c2=O)c(C)c1N. The largest absolute Gasteiger partial charge is 0.396 e. The maximum atomic E-state index is 12.2. The summed E-state index contributed by atoms with van der Waals surface area (Å²) in [6.45, 7) is 7.52. The van der Waals surface area contributed by atoms with Gasteiger partial charge in [0, 0.05) is 24.4 Å². The van der Waals surface area contributed by atoms with Gasteiger partial charge in [-0.2, -0.15) is 5.10 Å². The van der Waals surface area contributed by atoms with E-state index in [2.05, 4.69) is 10.1 Å². The number of nitrogens with two attached hydrogens (primary N) is 1. The van der Waals surface area contributed by atoms with Crippen LogP contribution in [0.3, 0.4) is 0 Å². The highest BCUT2D eigenvalue weighted by Crippen LogP contribution is 2.15. The fraction of sp³-hybridized carbons (Fsp3) is 0.462. The van der Waals surface area contributed by atoms with Gasteiger partial charge in [-0.15, -0.1) is 0 Å². The molecule has 0 radical (unpaired) electrons. The summed E-state index contributed by atoms with van der Waals surface area (Å²) in [4.78, 5) is 26.6. The molecule has 0 fully saturated rings. The van der Waals surface area contributed by atoms with Crippen LogP contribution in [-0.2, 0) is 6.54 Å². The molecule has 0 bridgehead atoms. The first-order chi connectivity index (χ1) is 9.32. The Labute approximate surface area is 116 Å². The number of aryl methyl sites for hydroxylation is 2. The third kappa shape index (κ3) is 2.26. The highest BCUT2D eigenvalue weighted by atomic mass is 16.2. The molecule has 0 saturated carbocycles. The van der Waals surface area contributed by atoms with E-state index in [0.29, 0.717) is 23.6 Å². The fourth-order valence-electron chi connectivity index (χ4n) is 2.15. The van der Waals surface area contributed by atoms with Crippen molar-refractivity contribution in [2.75, 3.05) is 5.73 Å². The van der Waals surface area contributed by atoms with Crippen molar-refractivity contribution in [3.8, 4) is 0 Å². The molecule has 0 aliphatic rings. The van der Waals surface area contributed by atoms with E-state index in [1.807, 2.05) is 13.8 Å². The van der Waals surface area contributed by atoms with Gasteiger partial charge in [0.25, 0.3) is 0 Å². The average molecular weight is 277 g/mol. The van der Waals surface area contributed by atoms with Crippen LogP contribution >= 0.6 is 0 Å². The number of anilines is 1. The van der Waals surface area contributed by atoms with Gasteiger partial charge in [0.15, 0.2) is 0 Å². The molecule has 0 unspecified atom stereocenters. The molecule has 0 spiro atoms. The highest BCUT2D eigenvalue weighted by molar-refractivity contribution is 5.80. The van der Waals surface area contributed by atoms with Gasteiger partial charge >= 0.3 is 5.69 Å². The monoisotopic (exact) mass is 277 g/mol. The van der Waals surface area contributed by atoms with Crippen LogP contribution in [0.5, 0.6) is 0 Å². The Morgan fingerprint density at radius 2 is 1.90 bits per heavy atom. The molecule has 108 valence electrons. The molecule has 0 aliphatic heterocycles. The fourth-order valence-corrected chi connectivity index (χ4v) is 2.15. The van der Waals surface area contributed by atoms with Crippen molar-refractivity contribution in [1.82, 2.24) is 19.3 Å². The van der Waals surface area contributed by atoms with Gasteiger partial charge in [0.1, 0.15) is 0 Å². The van der Waals surface area contributed by atoms with E-state index in [9.17, 15) is 9.59 Å². The number of H-pyrrole nitrogens is 1. The number of carbonyl (C=O) groups excluding carboxylic acids is 1. The molecule has 2 rings (SSSR count). The van der Waals surface area contributed by atoms with Crippen LogP contribution in [0.15, 0.2) is 4.79 Å². The van der Waals surface area contributed by atoms with Crippen molar-refractivity contribution in [3.05, 3.63) is 33.3 Å². The smallest absolute Gasteiger partial charge is 0.325 e. The minimum Gasteiger partial charge on any atom is -0.396 e. The number of hydrogen-bond acceptors (Lipinski definition) is 4. The van der Waals surface area contributed by atoms with Gasteiger partial charge in [-0.25, -0.2) is 9.48 Å². The molecule has 0 amide bonds. The maximum Gasteiger partial charge on any atom is 0.325 e. The first-order valence-electron chi connectivity index (χ1n) is 6.43. The lowest BCUT2D eigenvalue weighted by Crippen LogP contribution is -2.22. The van der Waals surface area contributed by atoms with Crippen LogP contribution < -0.4 is 11.4 Å². The van der Waals surface area contributed by atoms with Crippen molar-refractivity contribution >= 4 is 11.6 Å². The van der Waals surface area contributed by atoms with Crippen LogP contribution in [-0.4, -0.2) is 25.2 Å². The lowest BCUT2D eigenvalue weighted by Gasteiger charge is -2.05. The number of nitrogens with zero attached hydrogens (tertiary/aromatic N) is 3. The number of aromatic nitrogens is 4. The summed E-state index contributed by atoms with van der Waals surface area (Å²) in [5, 5.41) is 4.12. The highest BCUT2D eigenvalue weighted by Gasteiger charge is 2.15. The van der Waals surface area contributed by atoms with Gasteiger partial charge in [-0.1, -0.05) is 0 Å². The predicted molar refractivity (Wildman–Crippen MR) is 75.9 cm³/mol. The Balaban J connectivity index is 2.17. The normalized spacial score (nSPS) is 11.0. The van der Waals surface area contributed by atoms with Crippen molar-refractivity contribution in [3.63, 3.8) is 0 Å². The Morgan fingerprint density at radius 3 is 2.35 bits per heavy atom. The van der Waals surface area contributed by atoms with E-state index in [4.69, 9.17) is 5.73 Å². The number of nitrogen functional groups attached to an aromatic ring is 1. The minimum atomic E-state index is -0.194. The Morgan fingerprint density at radius 1 is 1.25 bits per heavy atom. The summed E-state index contributed by atoms with van der Waals surface area (Å²) in [6, 6.07) is 0. The molecule has 2 aromatic heterocycles. The topological polar surface area (TPSA) is 98.7 Å². The molecule has 3 N–H and O–H groups in total. The number of imidazole rings is 1. The molecule has 0 aliphatic carbocycles. The van der Waals surface area contributed by atoms with E-state index >= 15 is 0 Å². The third-order valence-electron chi connectivity index (χ3n) is 3.62. The summed E-state index contributed by atoms with van der Waals surface area (Å²) in [6.07, 6.45) is 0.194. The molecule has 7 nitrogen and oxygen atoms in total. The molecule has 7 heteroatoms. The first-order valence-corrected chi connectivity index (χ1v) is 6.43. The van der Waals surface area contributed by atoms with Gasteiger partial charge < -0.3 is 10.7 Å². The van der Waals surface area contributed by atoms with Crippen molar-refractivity contribution < 1.29 is 4.79 Å². The van der Waals surface area contributed by atoms with Gasteiger partial charge in [-0.3, -0.25) is 9.36 Å². The van der Waals surface area contributed by atoms with Crippen molar-refractivity contribution in [2.24, 2.45) is 0 Å². The van der Waals surface area contributed by atoms with E-state index in [-0.39, 0.29) is 18.0 Å². The molecule has 2 heterocycles. The van der Waals surface area contributed by atoms with Crippen LogP contribution in [0, 0.1) is 27.7 Å². The van der Waals surface area contributed by atoms with Crippen LogP contribution in [0.25, 0.3) is 0 Å². The van der Waals surface area contributed by atoms with Crippen molar-refractivity contribution in [1.29, 1.82) is 0 Å². The zero-order valence-electron chi connectivity index (χ0n) is 12.1. The second-order valence-electron chi connectivity index (χ2n) is 4.93. The average Bonchev–Trinajstić information content (AvgIpc) is 2.79. The Hall–Kier alpha value is -2.31. The van der Waals surface area contributed by atoms with Gasteiger partial charge in [0.2, 0.25) is 5.91 Å². The van der Waals surface area contributed by atoms with E-state index in [1.54, 1.807) is 18.4 Å². The lowest BCUT2D eigenvalue weighted by atomic mass is 10.3. The zero-order valence-corrected chi connectivity index (χ0v) is 12.1. The second kappa shape index (κ2) is 4.99. The number of aromatic amines is 1. The third-order valence-corrected chi connectivity index (χ3v) is 3.62. The Kier molecular flexibility index (Phi) is 3.52. The molecule has 20 heavy (non-hydrogen) atoms. The molecule has 0 atom stereocenters. The van der Waals surface area contributed by atoms with E-state index < -0.39 is 0 Å². The molecule has 2 aromatic rings. The zero-order chi connectivity index (χ0) is 15.0. The van der Waals surface area contributed by atoms with E-state index in [0.717, 1.165) is 11.4 Å². The summed E-state index contributed by atoms with van der Waals surface area (Å²) >= 11 is 0. The first kappa shape index (κ1) is 14.1. The lowest BCUT2D eigenvalue weighted by molar-refractivity contribution is 0.0877. The summed E-state index contributed by atoms with van der Waals surface area (Å²) in [5.74, 6) is -0.174. The van der Waals surface area contributed by atoms with Crippen LogP contribution in [0.1, 0.15) is 34.0 Å². The van der Waals surface area contributed by atoms with Crippen LogP contribution in [0.4, 0.5) is 5.69 Å². The molecule has 0 saturated heterocycles. The van der Waals surface area contributed by atoms with Gasteiger partial charge in [-0.05, 0) is 27.7 Å². The number of nitrogens with one attached hydrogen (secondary N) is 1. The Bertz CT molecular complexity index is 720. The number of carbonyl (C=O) groups is 1. The molecular weight excluding hydrogens is 258 g/mol. The summed E-state index contributed by atoms with van der Waals surface area (Å²) < 4.78 is 2.87. The van der Waals surface area contributed by atoms with Crippen LogP contribution in [0.2, 0.25) is 0 Å². The predicted octanol–water partition coefficient (Wildman–Crippen LogP) is 0.919. The maximum absolute atomic E-state index is 12.2.